The van der Waals surface area contributed by atoms with Crippen molar-refractivity contribution in [1.82, 2.24) is 14.5 Å². The molecule has 3 rings (SSSR count). The van der Waals surface area contributed by atoms with E-state index in [1.165, 1.54) is 6.07 Å². The standard InChI is InChI=1S/C22H24FN3O/c1-16(2)26(22(27)18-10-8-17(3)9-11-18)15-21-24-12-13-25(21)14-19-6-4-5-7-20(19)23/h4-13,16H,14-15H2,1-3H3. The highest BCUT2D eigenvalue weighted by Gasteiger charge is 2.21. The number of rotatable bonds is 6. The number of hydrogen-bond acceptors (Lipinski definition) is 2. The first-order chi connectivity index (χ1) is 13.0. The van der Waals surface area contributed by atoms with Crippen LogP contribution in [0.5, 0.6) is 0 Å². The molecule has 0 atom stereocenters. The van der Waals surface area contributed by atoms with Crippen molar-refractivity contribution in [2.75, 3.05) is 0 Å². The van der Waals surface area contributed by atoms with Gasteiger partial charge in [-0.1, -0.05) is 35.9 Å². The predicted octanol–water partition coefficient (Wildman–Crippen LogP) is 4.43. The first-order valence-electron chi connectivity index (χ1n) is 9.06. The highest BCUT2D eigenvalue weighted by molar-refractivity contribution is 5.94. The van der Waals surface area contributed by atoms with E-state index < -0.39 is 0 Å². The summed E-state index contributed by atoms with van der Waals surface area (Å²) in [6.45, 7) is 6.71. The van der Waals surface area contributed by atoms with Gasteiger partial charge in [-0.05, 0) is 39.0 Å². The molecule has 0 unspecified atom stereocenters. The van der Waals surface area contributed by atoms with Crippen LogP contribution in [0, 0.1) is 12.7 Å². The van der Waals surface area contributed by atoms with Gasteiger partial charge in [0.15, 0.2) is 0 Å². The molecule has 1 heterocycles. The molecule has 0 bridgehead atoms. The van der Waals surface area contributed by atoms with Gasteiger partial charge in [-0.3, -0.25) is 4.79 Å². The molecular formula is C22H24FN3O. The van der Waals surface area contributed by atoms with E-state index in [2.05, 4.69) is 4.98 Å². The molecule has 0 saturated heterocycles. The van der Waals surface area contributed by atoms with Gasteiger partial charge in [0.1, 0.15) is 11.6 Å². The molecule has 0 aliphatic carbocycles. The van der Waals surface area contributed by atoms with Crippen molar-refractivity contribution < 1.29 is 9.18 Å². The van der Waals surface area contributed by atoms with Crippen LogP contribution in [-0.2, 0) is 13.1 Å². The topological polar surface area (TPSA) is 38.1 Å². The summed E-state index contributed by atoms with van der Waals surface area (Å²) in [5, 5.41) is 0. The molecule has 0 fully saturated rings. The van der Waals surface area contributed by atoms with Crippen molar-refractivity contribution in [3.63, 3.8) is 0 Å². The zero-order valence-corrected chi connectivity index (χ0v) is 15.9. The molecule has 0 aliphatic heterocycles. The van der Waals surface area contributed by atoms with Crippen molar-refractivity contribution >= 4 is 5.91 Å². The number of amides is 1. The van der Waals surface area contributed by atoms with E-state index in [1.54, 1.807) is 23.2 Å². The number of aryl methyl sites for hydroxylation is 1. The van der Waals surface area contributed by atoms with Gasteiger partial charge in [0.05, 0.1) is 13.1 Å². The molecular weight excluding hydrogens is 341 g/mol. The van der Waals surface area contributed by atoms with Crippen LogP contribution in [-0.4, -0.2) is 26.4 Å². The van der Waals surface area contributed by atoms with Crippen molar-refractivity contribution in [2.45, 2.75) is 39.9 Å². The van der Waals surface area contributed by atoms with Crippen LogP contribution in [0.1, 0.15) is 41.2 Å². The highest BCUT2D eigenvalue weighted by Crippen LogP contribution is 2.15. The molecule has 27 heavy (non-hydrogen) atoms. The van der Waals surface area contributed by atoms with Gasteiger partial charge in [0.2, 0.25) is 0 Å². The molecule has 0 radical (unpaired) electrons. The minimum Gasteiger partial charge on any atom is -0.329 e. The summed E-state index contributed by atoms with van der Waals surface area (Å²) < 4.78 is 15.9. The lowest BCUT2D eigenvalue weighted by molar-refractivity contribution is 0.0683. The fourth-order valence-electron chi connectivity index (χ4n) is 2.95. The lowest BCUT2D eigenvalue weighted by Gasteiger charge is -2.27. The summed E-state index contributed by atoms with van der Waals surface area (Å²) in [7, 11) is 0. The average Bonchev–Trinajstić information content (AvgIpc) is 3.08. The Morgan fingerprint density at radius 3 is 2.52 bits per heavy atom. The van der Waals surface area contributed by atoms with Crippen LogP contribution in [0.15, 0.2) is 60.9 Å². The third-order valence-corrected chi connectivity index (χ3v) is 4.59. The minimum atomic E-state index is -0.242. The average molecular weight is 365 g/mol. The number of hydrogen-bond donors (Lipinski definition) is 0. The number of halogens is 1. The van der Waals surface area contributed by atoms with E-state index in [9.17, 15) is 9.18 Å². The summed E-state index contributed by atoms with van der Waals surface area (Å²) >= 11 is 0. The highest BCUT2D eigenvalue weighted by atomic mass is 19.1. The van der Waals surface area contributed by atoms with E-state index in [1.807, 2.05) is 61.9 Å². The third-order valence-electron chi connectivity index (χ3n) is 4.59. The maximum Gasteiger partial charge on any atom is 0.254 e. The van der Waals surface area contributed by atoms with Gasteiger partial charge in [-0.2, -0.15) is 0 Å². The number of nitrogens with zero attached hydrogens (tertiary/aromatic N) is 3. The lowest BCUT2D eigenvalue weighted by atomic mass is 10.1. The van der Waals surface area contributed by atoms with Crippen LogP contribution < -0.4 is 0 Å². The fraction of sp³-hybridized carbons (Fsp3) is 0.273. The van der Waals surface area contributed by atoms with E-state index >= 15 is 0 Å². The Kier molecular flexibility index (Phi) is 5.69. The smallest absolute Gasteiger partial charge is 0.254 e. The first kappa shape index (κ1) is 18.8. The second-order valence-corrected chi connectivity index (χ2v) is 6.96. The van der Waals surface area contributed by atoms with Crippen molar-refractivity contribution in [2.24, 2.45) is 0 Å². The van der Waals surface area contributed by atoms with E-state index in [0.29, 0.717) is 24.2 Å². The van der Waals surface area contributed by atoms with Crippen LogP contribution in [0.2, 0.25) is 0 Å². The molecule has 140 valence electrons. The molecule has 4 nitrogen and oxygen atoms in total. The predicted molar refractivity (Wildman–Crippen MR) is 104 cm³/mol. The Labute approximate surface area is 159 Å². The van der Waals surface area contributed by atoms with Crippen molar-refractivity contribution in [1.29, 1.82) is 0 Å². The van der Waals surface area contributed by atoms with Crippen LogP contribution in [0.25, 0.3) is 0 Å². The monoisotopic (exact) mass is 365 g/mol. The van der Waals surface area contributed by atoms with Gasteiger partial charge in [-0.25, -0.2) is 9.37 Å². The van der Waals surface area contributed by atoms with E-state index in [4.69, 9.17) is 0 Å². The van der Waals surface area contributed by atoms with E-state index in [0.717, 1.165) is 11.4 Å². The Bertz CT molecular complexity index is 915. The van der Waals surface area contributed by atoms with Crippen molar-refractivity contribution in [3.8, 4) is 0 Å². The summed E-state index contributed by atoms with van der Waals surface area (Å²) in [5.74, 6) is 0.450. The molecule has 5 heteroatoms. The molecule has 2 aromatic carbocycles. The second-order valence-electron chi connectivity index (χ2n) is 6.96. The molecule has 3 aromatic rings. The molecule has 1 aromatic heterocycles. The summed E-state index contributed by atoms with van der Waals surface area (Å²) in [4.78, 5) is 19.2. The normalized spacial score (nSPS) is 11.0. The van der Waals surface area contributed by atoms with Gasteiger partial charge in [-0.15, -0.1) is 0 Å². The third kappa shape index (κ3) is 4.42. The zero-order valence-electron chi connectivity index (χ0n) is 15.9. The molecule has 1 amide bonds. The number of benzene rings is 2. The largest absolute Gasteiger partial charge is 0.329 e. The Balaban J connectivity index is 1.82. The summed E-state index contributed by atoms with van der Waals surface area (Å²) in [6.07, 6.45) is 3.50. The number of imidazole rings is 1. The lowest BCUT2D eigenvalue weighted by Crippen LogP contribution is -2.37. The zero-order chi connectivity index (χ0) is 19.4. The van der Waals surface area contributed by atoms with E-state index in [-0.39, 0.29) is 17.8 Å². The summed E-state index contributed by atoms with van der Waals surface area (Å²) in [5.41, 5.74) is 2.36. The Hall–Kier alpha value is -2.95. The van der Waals surface area contributed by atoms with Gasteiger partial charge in [0, 0.05) is 29.6 Å². The van der Waals surface area contributed by atoms with Gasteiger partial charge < -0.3 is 9.47 Å². The maximum atomic E-state index is 14.0. The maximum absolute atomic E-state index is 14.0. The second kappa shape index (κ2) is 8.16. The summed E-state index contributed by atoms with van der Waals surface area (Å²) in [6, 6.07) is 14.3. The Morgan fingerprint density at radius 2 is 1.85 bits per heavy atom. The molecule has 0 aliphatic rings. The quantitative estimate of drug-likeness (QED) is 0.648. The van der Waals surface area contributed by atoms with Crippen LogP contribution >= 0.6 is 0 Å². The van der Waals surface area contributed by atoms with Crippen molar-refractivity contribution in [3.05, 3.63) is 89.3 Å². The molecule has 0 spiro atoms. The van der Waals surface area contributed by atoms with Gasteiger partial charge in [0.25, 0.3) is 5.91 Å². The van der Waals surface area contributed by atoms with Gasteiger partial charge >= 0.3 is 0 Å². The number of aromatic nitrogens is 2. The molecule has 0 saturated carbocycles. The SMILES string of the molecule is Cc1ccc(C(=O)N(Cc2nccn2Cc2ccccc2F)C(C)C)cc1. The number of carbonyl (C=O) groups is 1. The van der Waals surface area contributed by atoms with Crippen LogP contribution in [0.3, 0.4) is 0 Å². The fourth-order valence-corrected chi connectivity index (χ4v) is 2.95. The van der Waals surface area contributed by atoms with Crippen LogP contribution in [0.4, 0.5) is 4.39 Å². The molecule has 0 N–H and O–H groups in total. The Morgan fingerprint density at radius 1 is 1.15 bits per heavy atom. The minimum absolute atomic E-state index is 0.0115. The number of carbonyl (C=O) groups excluding carboxylic acids is 1. The first-order valence-corrected chi connectivity index (χ1v) is 9.06.